The van der Waals surface area contributed by atoms with E-state index < -0.39 is 0 Å². The summed E-state index contributed by atoms with van der Waals surface area (Å²) in [6, 6.07) is 3.96. The third-order valence-corrected chi connectivity index (χ3v) is 1.93. The summed E-state index contributed by atoms with van der Waals surface area (Å²) in [4.78, 5) is 8.20. The maximum absolute atomic E-state index is 8.74. The molecule has 2 heterocycles. The van der Waals surface area contributed by atoms with Gasteiger partial charge < -0.3 is 0 Å². The molecule has 0 saturated carbocycles. The van der Waals surface area contributed by atoms with Crippen LogP contribution in [0.4, 0.5) is 0 Å². The predicted octanol–water partition coefficient (Wildman–Crippen LogP) is 1.22. The third kappa shape index (κ3) is 1.05. The Morgan fingerprint density at radius 3 is 2.92 bits per heavy atom. The van der Waals surface area contributed by atoms with Crippen molar-refractivity contribution in [2.45, 2.75) is 13.8 Å². The van der Waals surface area contributed by atoms with Crippen molar-refractivity contribution in [2.75, 3.05) is 0 Å². The van der Waals surface area contributed by atoms with Gasteiger partial charge in [0.1, 0.15) is 12.4 Å². The number of aromatic nitrogens is 3. The fourth-order valence-electron chi connectivity index (χ4n) is 1.36. The Bertz CT molecular complexity index is 504. The van der Waals surface area contributed by atoms with E-state index in [1.807, 2.05) is 30.4 Å². The van der Waals surface area contributed by atoms with Gasteiger partial charge in [-0.1, -0.05) is 0 Å². The average molecular weight is 172 g/mol. The molecule has 0 amide bonds. The number of hydrogen-bond donors (Lipinski definition) is 0. The number of fused-ring (bicyclic) bond motifs is 1. The van der Waals surface area contributed by atoms with Crippen LogP contribution >= 0.6 is 0 Å². The predicted molar refractivity (Wildman–Crippen MR) is 47.2 cm³/mol. The van der Waals surface area contributed by atoms with Crippen molar-refractivity contribution in [3.63, 3.8) is 0 Å². The number of rotatable bonds is 0. The second kappa shape index (κ2) is 2.56. The number of nitrogens with zero attached hydrogens (tertiary/aromatic N) is 4. The van der Waals surface area contributed by atoms with Gasteiger partial charge in [-0.15, -0.1) is 0 Å². The molecular formula is C9H8N4. The smallest absolute Gasteiger partial charge is 0.185 e. The highest BCUT2D eigenvalue weighted by Crippen LogP contribution is 2.09. The summed E-state index contributed by atoms with van der Waals surface area (Å²) in [5.41, 5.74) is 2.96. The standard InChI is InChI=1S/C9H8N4/c1-6-3-7(2)13-5-11-8(4-10)9(13)12-6/h3,5H,1-2H3. The summed E-state index contributed by atoms with van der Waals surface area (Å²) in [6.07, 6.45) is 1.62. The van der Waals surface area contributed by atoms with Gasteiger partial charge in [0.15, 0.2) is 11.3 Å². The molecule has 0 N–H and O–H groups in total. The molecule has 0 aromatic carbocycles. The first-order valence-corrected chi connectivity index (χ1v) is 3.94. The van der Waals surface area contributed by atoms with Crippen LogP contribution in [-0.2, 0) is 0 Å². The van der Waals surface area contributed by atoms with Crippen LogP contribution in [0, 0.1) is 25.2 Å². The van der Waals surface area contributed by atoms with Gasteiger partial charge in [0.2, 0.25) is 0 Å². The van der Waals surface area contributed by atoms with Crippen LogP contribution < -0.4 is 0 Å². The second-order valence-corrected chi connectivity index (χ2v) is 2.94. The van der Waals surface area contributed by atoms with E-state index in [4.69, 9.17) is 5.26 Å². The van der Waals surface area contributed by atoms with Gasteiger partial charge in [0.05, 0.1) is 0 Å². The van der Waals surface area contributed by atoms with Crippen LogP contribution in [0.5, 0.6) is 0 Å². The molecule has 0 unspecified atom stereocenters. The highest BCUT2D eigenvalue weighted by molar-refractivity contribution is 5.52. The van der Waals surface area contributed by atoms with Gasteiger partial charge in [0.25, 0.3) is 0 Å². The molecule has 0 saturated heterocycles. The second-order valence-electron chi connectivity index (χ2n) is 2.94. The lowest BCUT2D eigenvalue weighted by Gasteiger charge is -1.99. The molecule has 0 aliphatic carbocycles. The van der Waals surface area contributed by atoms with Crippen molar-refractivity contribution in [1.82, 2.24) is 14.4 Å². The molecule has 2 aromatic heterocycles. The van der Waals surface area contributed by atoms with Crippen LogP contribution in [-0.4, -0.2) is 14.4 Å². The monoisotopic (exact) mass is 172 g/mol. The molecular weight excluding hydrogens is 164 g/mol. The zero-order valence-electron chi connectivity index (χ0n) is 7.44. The van der Waals surface area contributed by atoms with E-state index in [1.165, 1.54) is 0 Å². The van der Waals surface area contributed by atoms with Crippen LogP contribution in [0.3, 0.4) is 0 Å². The van der Waals surface area contributed by atoms with Crippen molar-refractivity contribution >= 4 is 5.65 Å². The summed E-state index contributed by atoms with van der Waals surface area (Å²) in [6.45, 7) is 3.87. The van der Waals surface area contributed by atoms with Crippen LogP contribution in [0.25, 0.3) is 5.65 Å². The molecule has 0 bridgehead atoms. The van der Waals surface area contributed by atoms with Gasteiger partial charge in [-0.3, -0.25) is 4.40 Å². The quantitative estimate of drug-likeness (QED) is 0.600. The Labute approximate surface area is 75.5 Å². The summed E-state index contributed by atoms with van der Waals surface area (Å²) in [5, 5.41) is 8.74. The zero-order valence-corrected chi connectivity index (χ0v) is 7.44. The van der Waals surface area contributed by atoms with Crippen molar-refractivity contribution in [1.29, 1.82) is 5.26 Å². The zero-order chi connectivity index (χ0) is 9.42. The molecule has 4 nitrogen and oxygen atoms in total. The van der Waals surface area contributed by atoms with Gasteiger partial charge in [-0.25, -0.2) is 9.97 Å². The summed E-state index contributed by atoms with van der Waals surface area (Å²) in [7, 11) is 0. The maximum Gasteiger partial charge on any atom is 0.185 e. The minimum atomic E-state index is 0.381. The largest absolute Gasteiger partial charge is 0.287 e. The summed E-state index contributed by atoms with van der Waals surface area (Å²) < 4.78 is 1.81. The van der Waals surface area contributed by atoms with Crippen LogP contribution in [0.15, 0.2) is 12.4 Å². The topological polar surface area (TPSA) is 54.0 Å². The van der Waals surface area contributed by atoms with Crippen LogP contribution in [0.2, 0.25) is 0 Å². The Morgan fingerprint density at radius 2 is 2.23 bits per heavy atom. The lowest BCUT2D eigenvalue weighted by Crippen LogP contribution is -1.94. The molecule has 64 valence electrons. The highest BCUT2D eigenvalue weighted by Gasteiger charge is 2.06. The van der Waals surface area contributed by atoms with E-state index >= 15 is 0 Å². The summed E-state index contributed by atoms with van der Waals surface area (Å²) in [5.74, 6) is 0. The highest BCUT2D eigenvalue weighted by atomic mass is 15.1. The van der Waals surface area contributed by atoms with E-state index in [-0.39, 0.29) is 0 Å². The minimum absolute atomic E-state index is 0.381. The fourth-order valence-corrected chi connectivity index (χ4v) is 1.36. The van der Waals surface area contributed by atoms with E-state index in [1.54, 1.807) is 6.33 Å². The molecule has 2 aromatic rings. The number of nitriles is 1. The third-order valence-electron chi connectivity index (χ3n) is 1.93. The van der Waals surface area contributed by atoms with Gasteiger partial charge >= 0.3 is 0 Å². The Balaban J connectivity index is 2.92. The van der Waals surface area contributed by atoms with Crippen molar-refractivity contribution in [3.8, 4) is 6.07 Å². The molecule has 0 aliphatic heterocycles. The molecule has 4 heteroatoms. The normalized spacial score (nSPS) is 10.2. The van der Waals surface area contributed by atoms with E-state index in [2.05, 4.69) is 9.97 Å². The van der Waals surface area contributed by atoms with Gasteiger partial charge in [-0.05, 0) is 19.9 Å². The molecule has 2 rings (SSSR count). The lowest BCUT2D eigenvalue weighted by molar-refractivity contribution is 1.02. The fraction of sp³-hybridized carbons (Fsp3) is 0.222. The SMILES string of the molecule is Cc1cc(C)n2cnc(C#N)c2n1. The van der Waals surface area contributed by atoms with E-state index in [0.29, 0.717) is 11.3 Å². The summed E-state index contributed by atoms with van der Waals surface area (Å²) >= 11 is 0. The first-order valence-electron chi connectivity index (χ1n) is 3.94. The molecule has 0 fully saturated rings. The number of hydrogen-bond acceptors (Lipinski definition) is 3. The van der Waals surface area contributed by atoms with Gasteiger partial charge in [-0.2, -0.15) is 5.26 Å². The first-order chi connectivity index (χ1) is 6.22. The number of imidazole rings is 1. The first kappa shape index (κ1) is 7.74. The molecule has 0 atom stereocenters. The van der Waals surface area contributed by atoms with Crippen LogP contribution in [0.1, 0.15) is 17.1 Å². The maximum atomic E-state index is 8.74. The Kier molecular flexibility index (Phi) is 1.52. The van der Waals surface area contributed by atoms with E-state index in [0.717, 1.165) is 11.4 Å². The van der Waals surface area contributed by atoms with Gasteiger partial charge in [0, 0.05) is 11.4 Å². The molecule has 13 heavy (non-hydrogen) atoms. The van der Waals surface area contributed by atoms with Crippen molar-refractivity contribution in [3.05, 3.63) is 29.5 Å². The van der Waals surface area contributed by atoms with Crippen molar-refractivity contribution in [2.24, 2.45) is 0 Å². The molecule has 0 radical (unpaired) electrons. The minimum Gasteiger partial charge on any atom is -0.287 e. The Hall–Kier alpha value is -1.89. The molecule has 0 spiro atoms. The van der Waals surface area contributed by atoms with Crippen molar-refractivity contribution < 1.29 is 0 Å². The Morgan fingerprint density at radius 1 is 1.46 bits per heavy atom. The lowest BCUT2D eigenvalue weighted by atomic mass is 10.3. The average Bonchev–Trinajstić information content (AvgIpc) is 2.47. The van der Waals surface area contributed by atoms with E-state index in [9.17, 15) is 0 Å². The molecule has 0 aliphatic rings. The number of aryl methyl sites for hydroxylation is 2.